The van der Waals surface area contributed by atoms with Crippen molar-refractivity contribution in [1.29, 1.82) is 0 Å². The molecule has 0 spiro atoms. The molecule has 0 radical (unpaired) electrons. The summed E-state index contributed by atoms with van der Waals surface area (Å²) < 4.78 is 2.14. The van der Waals surface area contributed by atoms with Crippen LogP contribution in [-0.4, -0.2) is 10.9 Å². The SMILES string of the molecule is CC(=O)Nc1nccc2sc(Br)cc12. The highest BCUT2D eigenvalue weighted by molar-refractivity contribution is 9.11. The number of carbonyl (C=O) groups excluding carboxylic acids is 1. The molecule has 72 valence electrons. The Bertz CT molecular complexity index is 495. The molecule has 0 aliphatic carbocycles. The first-order chi connectivity index (χ1) is 6.66. The van der Waals surface area contributed by atoms with Gasteiger partial charge in [0, 0.05) is 23.2 Å². The maximum Gasteiger partial charge on any atom is 0.222 e. The number of pyridine rings is 1. The molecule has 0 saturated carbocycles. The first-order valence-electron chi connectivity index (χ1n) is 3.98. The van der Waals surface area contributed by atoms with Gasteiger partial charge in [0.15, 0.2) is 0 Å². The van der Waals surface area contributed by atoms with Gasteiger partial charge in [0.05, 0.1) is 3.79 Å². The van der Waals surface area contributed by atoms with E-state index in [0.29, 0.717) is 5.82 Å². The van der Waals surface area contributed by atoms with E-state index in [1.165, 1.54) is 6.92 Å². The van der Waals surface area contributed by atoms with Crippen molar-refractivity contribution in [1.82, 2.24) is 4.98 Å². The van der Waals surface area contributed by atoms with E-state index in [4.69, 9.17) is 0 Å². The number of thiophene rings is 1. The molecule has 2 rings (SSSR count). The van der Waals surface area contributed by atoms with E-state index in [-0.39, 0.29) is 5.91 Å². The number of amides is 1. The second kappa shape index (κ2) is 3.67. The highest BCUT2D eigenvalue weighted by Gasteiger charge is 2.06. The molecule has 14 heavy (non-hydrogen) atoms. The molecule has 0 aromatic carbocycles. The van der Waals surface area contributed by atoms with Crippen LogP contribution in [-0.2, 0) is 4.79 Å². The van der Waals surface area contributed by atoms with Crippen molar-refractivity contribution in [3.05, 3.63) is 22.1 Å². The average Bonchev–Trinajstić information content (AvgIpc) is 2.45. The third-order valence-corrected chi connectivity index (χ3v) is 3.31. The predicted octanol–water partition coefficient (Wildman–Crippen LogP) is 3.02. The highest BCUT2D eigenvalue weighted by Crippen LogP contribution is 2.32. The lowest BCUT2D eigenvalue weighted by Gasteiger charge is -2.00. The summed E-state index contributed by atoms with van der Waals surface area (Å²) in [7, 11) is 0. The summed E-state index contributed by atoms with van der Waals surface area (Å²) in [5.41, 5.74) is 0. The molecule has 3 nitrogen and oxygen atoms in total. The van der Waals surface area contributed by atoms with Crippen LogP contribution in [0.4, 0.5) is 5.82 Å². The molecule has 0 aliphatic heterocycles. The van der Waals surface area contributed by atoms with Crippen LogP contribution in [0.5, 0.6) is 0 Å². The Hall–Kier alpha value is -0.940. The van der Waals surface area contributed by atoms with Gasteiger partial charge >= 0.3 is 0 Å². The van der Waals surface area contributed by atoms with Crippen LogP contribution < -0.4 is 5.32 Å². The summed E-state index contributed by atoms with van der Waals surface area (Å²) in [4.78, 5) is 15.0. The number of hydrogen-bond donors (Lipinski definition) is 1. The third kappa shape index (κ3) is 1.78. The molecule has 2 heterocycles. The molecule has 1 amide bonds. The Labute approximate surface area is 93.3 Å². The smallest absolute Gasteiger partial charge is 0.222 e. The van der Waals surface area contributed by atoms with Crippen molar-refractivity contribution in [2.75, 3.05) is 5.32 Å². The van der Waals surface area contributed by atoms with Crippen molar-refractivity contribution in [2.24, 2.45) is 0 Å². The van der Waals surface area contributed by atoms with Gasteiger partial charge in [-0.1, -0.05) is 0 Å². The normalized spacial score (nSPS) is 10.4. The lowest BCUT2D eigenvalue weighted by Crippen LogP contribution is -2.07. The number of nitrogens with one attached hydrogen (secondary N) is 1. The maximum atomic E-state index is 10.9. The lowest BCUT2D eigenvalue weighted by molar-refractivity contribution is -0.114. The van der Waals surface area contributed by atoms with Crippen LogP contribution in [0.2, 0.25) is 0 Å². The molecular formula is C9H7BrN2OS. The van der Waals surface area contributed by atoms with E-state index >= 15 is 0 Å². The maximum absolute atomic E-state index is 10.9. The zero-order valence-corrected chi connectivity index (χ0v) is 9.78. The quantitative estimate of drug-likeness (QED) is 0.866. The lowest BCUT2D eigenvalue weighted by atomic mass is 10.3. The molecule has 2 aromatic heterocycles. The molecule has 0 saturated heterocycles. The summed E-state index contributed by atoms with van der Waals surface area (Å²) in [6.07, 6.45) is 1.69. The van der Waals surface area contributed by atoms with Gasteiger partial charge in [-0.3, -0.25) is 4.79 Å². The van der Waals surface area contributed by atoms with Gasteiger partial charge in [-0.25, -0.2) is 4.98 Å². The summed E-state index contributed by atoms with van der Waals surface area (Å²) in [5.74, 6) is 0.518. The number of halogens is 1. The summed E-state index contributed by atoms with van der Waals surface area (Å²) >= 11 is 5.02. The van der Waals surface area contributed by atoms with Crippen LogP contribution in [0.3, 0.4) is 0 Å². The van der Waals surface area contributed by atoms with Crippen molar-refractivity contribution in [3.8, 4) is 0 Å². The van der Waals surface area contributed by atoms with Crippen molar-refractivity contribution < 1.29 is 4.79 Å². The van der Waals surface area contributed by atoms with Gasteiger partial charge in [-0.2, -0.15) is 0 Å². The first-order valence-corrected chi connectivity index (χ1v) is 5.59. The van der Waals surface area contributed by atoms with Gasteiger partial charge in [0.1, 0.15) is 5.82 Å². The fraction of sp³-hybridized carbons (Fsp3) is 0.111. The molecular weight excluding hydrogens is 264 g/mol. The number of fused-ring (bicyclic) bond motifs is 1. The highest BCUT2D eigenvalue weighted by atomic mass is 79.9. The predicted molar refractivity (Wildman–Crippen MR) is 61.6 cm³/mol. The largest absolute Gasteiger partial charge is 0.310 e. The molecule has 2 aromatic rings. The summed E-state index contributed by atoms with van der Waals surface area (Å²) in [6, 6.07) is 3.88. The number of nitrogens with zero attached hydrogens (tertiary/aromatic N) is 1. The molecule has 1 N–H and O–H groups in total. The minimum absolute atomic E-state index is 0.104. The van der Waals surface area contributed by atoms with Crippen molar-refractivity contribution >= 4 is 49.1 Å². The molecule has 0 atom stereocenters. The van der Waals surface area contributed by atoms with Gasteiger partial charge in [-0.05, 0) is 28.1 Å². The van der Waals surface area contributed by atoms with E-state index in [9.17, 15) is 4.79 Å². The monoisotopic (exact) mass is 270 g/mol. The molecule has 0 fully saturated rings. The van der Waals surface area contributed by atoms with Crippen LogP contribution >= 0.6 is 27.3 Å². The third-order valence-electron chi connectivity index (χ3n) is 1.71. The van der Waals surface area contributed by atoms with E-state index in [1.54, 1.807) is 17.5 Å². The molecule has 5 heteroatoms. The Balaban J connectivity index is 2.58. The first kappa shape index (κ1) is 9.61. The van der Waals surface area contributed by atoms with Crippen LogP contribution in [0.1, 0.15) is 6.92 Å². The van der Waals surface area contributed by atoms with E-state index in [1.807, 2.05) is 12.1 Å². The summed E-state index contributed by atoms with van der Waals surface area (Å²) in [6.45, 7) is 1.47. The minimum atomic E-state index is -0.104. The number of anilines is 1. The van der Waals surface area contributed by atoms with Crippen molar-refractivity contribution in [2.45, 2.75) is 6.92 Å². The van der Waals surface area contributed by atoms with E-state index in [0.717, 1.165) is 13.9 Å². The Kier molecular flexibility index (Phi) is 2.52. The number of aromatic nitrogens is 1. The fourth-order valence-corrected chi connectivity index (χ4v) is 2.73. The fourth-order valence-electron chi connectivity index (χ4n) is 1.20. The Morgan fingerprint density at radius 3 is 3.14 bits per heavy atom. The second-order valence-corrected chi connectivity index (χ2v) is 5.27. The zero-order chi connectivity index (χ0) is 10.1. The average molecular weight is 271 g/mol. The molecule has 0 unspecified atom stereocenters. The Morgan fingerprint density at radius 2 is 2.43 bits per heavy atom. The van der Waals surface area contributed by atoms with Crippen molar-refractivity contribution in [3.63, 3.8) is 0 Å². The van der Waals surface area contributed by atoms with Gasteiger partial charge in [-0.15, -0.1) is 11.3 Å². The second-order valence-electron chi connectivity index (χ2n) is 2.80. The number of rotatable bonds is 1. The van der Waals surface area contributed by atoms with Crippen LogP contribution in [0, 0.1) is 0 Å². The number of hydrogen-bond acceptors (Lipinski definition) is 3. The van der Waals surface area contributed by atoms with Gasteiger partial charge in [0.2, 0.25) is 5.91 Å². The molecule has 0 aliphatic rings. The van der Waals surface area contributed by atoms with Gasteiger partial charge in [0.25, 0.3) is 0 Å². The zero-order valence-electron chi connectivity index (χ0n) is 7.37. The molecule has 0 bridgehead atoms. The minimum Gasteiger partial charge on any atom is -0.310 e. The van der Waals surface area contributed by atoms with E-state index < -0.39 is 0 Å². The number of carbonyl (C=O) groups is 1. The standard InChI is InChI=1S/C9H7BrN2OS/c1-5(13)12-9-6-4-8(10)14-7(6)2-3-11-9/h2-4H,1H3,(H,11,12,13). The van der Waals surface area contributed by atoms with E-state index in [2.05, 4.69) is 26.2 Å². The summed E-state index contributed by atoms with van der Waals surface area (Å²) in [5, 5.41) is 3.67. The Morgan fingerprint density at radius 1 is 1.64 bits per heavy atom. The van der Waals surface area contributed by atoms with Crippen LogP contribution in [0.25, 0.3) is 10.1 Å². The topological polar surface area (TPSA) is 42.0 Å². The van der Waals surface area contributed by atoms with Crippen LogP contribution in [0.15, 0.2) is 22.1 Å². The van der Waals surface area contributed by atoms with Gasteiger partial charge < -0.3 is 5.32 Å².